The molecule has 0 amide bonds. The molecule has 4 nitrogen and oxygen atoms in total. The fourth-order valence-electron chi connectivity index (χ4n) is 1.38. The van der Waals surface area contributed by atoms with Crippen LogP contribution in [0.2, 0.25) is 0 Å². The van der Waals surface area contributed by atoms with Crippen LogP contribution in [0.4, 0.5) is 5.00 Å². The quantitative estimate of drug-likeness (QED) is 0.796. The zero-order valence-electron chi connectivity index (χ0n) is 9.46. The molecule has 1 heterocycles. The molecule has 0 saturated heterocycles. The lowest BCUT2D eigenvalue weighted by Crippen LogP contribution is -2.11. The lowest BCUT2D eigenvalue weighted by Gasteiger charge is -2.08. The Bertz CT molecular complexity index is 372. The van der Waals surface area contributed by atoms with Gasteiger partial charge in [-0.05, 0) is 26.6 Å². The summed E-state index contributed by atoms with van der Waals surface area (Å²) in [6.07, 6.45) is 0. The maximum Gasteiger partial charge on any atom is 0.341 e. The van der Waals surface area contributed by atoms with Crippen LogP contribution in [0.1, 0.15) is 20.8 Å². The molecule has 15 heavy (non-hydrogen) atoms. The third-order valence-corrected chi connectivity index (χ3v) is 3.23. The number of nitrogen functional groups attached to an aromatic ring is 1. The maximum absolute atomic E-state index is 11.4. The first-order chi connectivity index (χ1) is 6.97. The van der Waals surface area contributed by atoms with Gasteiger partial charge >= 0.3 is 5.97 Å². The number of nitrogens with zero attached hydrogens (tertiary/aromatic N) is 1. The van der Waals surface area contributed by atoms with Gasteiger partial charge in [-0.2, -0.15) is 0 Å². The third-order valence-electron chi connectivity index (χ3n) is 2.12. The lowest BCUT2D eigenvalue weighted by molar-refractivity contribution is 0.0601. The summed E-state index contributed by atoms with van der Waals surface area (Å²) in [5.74, 6) is -0.355. The molecule has 1 aromatic rings. The van der Waals surface area contributed by atoms with Crippen molar-refractivity contribution in [3.05, 3.63) is 16.0 Å². The number of ether oxygens (including phenoxy) is 1. The molecule has 5 heteroatoms. The van der Waals surface area contributed by atoms with Crippen molar-refractivity contribution in [1.29, 1.82) is 0 Å². The van der Waals surface area contributed by atoms with Gasteiger partial charge in [0.05, 0.1) is 12.7 Å². The van der Waals surface area contributed by atoms with Crippen molar-refractivity contribution in [2.24, 2.45) is 0 Å². The number of methoxy groups -OCH3 is 1. The fraction of sp³-hybridized carbons (Fsp3) is 0.500. The first-order valence-electron chi connectivity index (χ1n) is 4.58. The van der Waals surface area contributed by atoms with Crippen LogP contribution in [-0.2, 0) is 11.3 Å². The topological polar surface area (TPSA) is 55.6 Å². The molecule has 2 N–H and O–H groups in total. The Morgan fingerprint density at radius 3 is 2.60 bits per heavy atom. The number of nitrogens with two attached hydrogens (primary N) is 1. The van der Waals surface area contributed by atoms with Crippen molar-refractivity contribution in [2.75, 3.05) is 26.9 Å². The van der Waals surface area contributed by atoms with Crippen LogP contribution >= 0.6 is 11.3 Å². The second kappa shape index (κ2) is 4.63. The molecule has 1 rings (SSSR count). The lowest BCUT2D eigenvalue weighted by atomic mass is 10.1. The summed E-state index contributed by atoms with van der Waals surface area (Å²) in [6, 6.07) is 0. The van der Waals surface area contributed by atoms with Crippen molar-refractivity contribution in [2.45, 2.75) is 13.5 Å². The molecule has 84 valence electrons. The first-order valence-corrected chi connectivity index (χ1v) is 5.39. The predicted molar refractivity (Wildman–Crippen MR) is 62.2 cm³/mol. The van der Waals surface area contributed by atoms with Gasteiger partial charge in [0.15, 0.2) is 0 Å². The largest absolute Gasteiger partial charge is 0.465 e. The van der Waals surface area contributed by atoms with E-state index in [0.29, 0.717) is 10.6 Å². The maximum atomic E-state index is 11.4. The molecular weight excluding hydrogens is 212 g/mol. The number of hydrogen-bond acceptors (Lipinski definition) is 5. The van der Waals surface area contributed by atoms with Gasteiger partial charge in [0.1, 0.15) is 5.00 Å². The van der Waals surface area contributed by atoms with Crippen LogP contribution in [0.15, 0.2) is 0 Å². The van der Waals surface area contributed by atoms with Crippen LogP contribution in [0.3, 0.4) is 0 Å². The van der Waals surface area contributed by atoms with Crippen molar-refractivity contribution in [3.8, 4) is 0 Å². The summed E-state index contributed by atoms with van der Waals surface area (Å²) in [6.45, 7) is 2.69. The van der Waals surface area contributed by atoms with Crippen molar-refractivity contribution < 1.29 is 9.53 Å². The number of thiophene rings is 1. The molecule has 0 bridgehead atoms. The van der Waals surface area contributed by atoms with Gasteiger partial charge in [0, 0.05) is 11.4 Å². The molecule has 0 spiro atoms. The van der Waals surface area contributed by atoms with E-state index in [1.54, 1.807) is 0 Å². The monoisotopic (exact) mass is 228 g/mol. The second-order valence-electron chi connectivity index (χ2n) is 3.62. The molecular formula is C10H16N2O2S. The summed E-state index contributed by atoms with van der Waals surface area (Å²) in [4.78, 5) is 14.6. The standard InChI is InChI=1S/C10H16N2O2S/c1-6-7(5-12(2)3)15-9(11)8(6)10(13)14-4/h5,11H2,1-4H3. The van der Waals surface area contributed by atoms with Crippen molar-refractivity contribution in [3.63, 3.8) is 0 Å². The number of esters is 1. The number of carbonyl (C=O) groups is 1. The van der Waals surface area contributed by atoms with Gasteiger partial charge in [0.2, 0.25) is 0 Å². The molecule has 0 unspecified atom stereocenters. The number of anilines is 1. The zero-order valence-corrected chi connectivity index (χ0v) is 10.3. The molecule has 0 radical (unpaired) electrons. The number of hydrogen-bond donors (Lipinski definition) is 1. The van der Waals surface area contributed by atoms with Gasteiger partial charge in [0.25, 0.3) is 0 Å². The Morgan fingerprint density at radius 2 is 2.13 bits per heavy atom. The smallest absolute Gasteiger partial charge is 0.341 e. The van der Waals surface area contributed by atoms with Crippen LogP contribution in [0, 0.1) is 6.92 Å². The molecule has 0 fully saturated rings. The van der Waals surface area contributed by atoms with E-state index in [9.17, 15) is 4.79 Å². The van der Waals surface area contributed by atoms with Crippen LogP contribution in [0.25, 0.3) is 0 Å². The summed E-state index contributed by atoms with van der Waals surface area (Å²) in [7, 11) is 5.32. The Labute approximate surface area is 93.6 Å². The zero-order chi connectivity index (χ0) is 11.6. The van der Waals surface area contributed by atoms with Crippen molar-refractivity contribution in [1.82, 2.24) is 4.90 Å². The van der Waals surface area contributed by atoms with Gasteiger partial charge in [-0.1, -0.05) is 0 Å². The van der Waals surface area contributed by atoms with E-state index in [0.717, 1.165) is 17.0 Å². The summed E-state index contributed by atoms with van der Waals surface area (Å²) in [5.41, 5.74) is 7.24. The highest BCUT2D eigenvalue weighted by Gasteiger charge is 2.19. The summed E-state index contributed by atoms with van der Waals surface area (Å²) < 4.78 is 4.69. The highest BCUT2D eigenvalue weighted by Crippen LogP contribution is 2.31. The van der Waals surface area contributed by atoms with E-state index < -0.39 is 0 Å². The van der Waals surface area contributed by atoms with E-state index >= 15 is 0 Å². The molecule has 0 aliphatic carbocycles. The first kappa shape index (κ1) is 12.0. The fourth-order valence-corrected chi connectivity index (χ4v) is 2.56. The molecule has 0 aromatic carbocycles. The van der Waals surface area contributed by atoms with E-state index in [1.165, 1.54) is 18.4 Å². The minimum atomic E-state index is -0.355. The second-order valence-corrected chi connectivity index (χ2v) is 4.76. The molecule has 0 atom stereocenters. The minimum Gasteiger partial charge on any atom is -0.465 e. The summed E-state index contributed by atoms with van der Waals surface area (Å²) in [5, 5.41) is 0.538. The van der Waals surface area contributed by atoms with E-state index in [-0.39, 0.29) is 5.97 Å². The highest BCUT2D eigenvalue weighted by molar-refractivity contribution is 7.16. The minimum absolute atomic E-state index is 0.355. The average Bonchev–Trinajstić information content (AvgIpc) is 2.40. The average molecular weight is 228 g/mol. The van der Waals surface area contributed by atoms with Crippen LogP contribution < -0.4 is 5.73 Å². The van der Waals surface area contributed by atoms with E-state index in [1.807, 2.05) is 25.9 Å². The molecule has 0 aliphatic heterocycles. The normalized spacial score (nSPS) is 10.7. The van der Waals surface area contributed by atoms with Gasteiger partial charge in [-0.15, -0.1) is 11.3 Å². The number of carbonyl (C=O) groups excluding carboxylic acids is 1. The van der Waals surface area contributed by atoms with E-state index in [2.05, 4.69) is 0 Å². The van der Waals surface area contributed by atoms with Crippen LogP contribution in [0.5, 0.6) is 0 Å². The summed E-state index contributed by atoms with van der Waals surface area (Å²) >= 11 is 1.45. The van der Waals surface area contributed by atoms with Crippen LogP contribution in [-0.4, -0.2) is 32.1 Å². The Balaban J connectivity index is 3.09. The predicted octanol–water partition coefficient (Wildman–Crippen LogP) is 1.49. The molecule has 0 aliphatic rings. The van der Waals surface area contributed by atoms with Gasteiger partial charge < -0.3 is 15.4 Å². The SMILES string of the molecule is COC(=O)c1c(N)sc(CN(C)C)c1C. The van der Waals surface area contributed by atoms with Crippen molar-refractivity contribution >= 4 is 22.3 Å². The van der Waals surface area contributed by atoms with E-state index in [4.69, 9.17) is 10.5 Å². The Hall–Kier alpha value is -1.07. The van der Waals surface area contributed by atoms with Gasteiger partial charge in [-0.3, -0.25) is 0 Å². The number of rotatable bonds is 3. The third kappa shape index (κ3) is 2.49. The Kier molecular flexibility index (Phi) is 3.71. The Morgan fingerprint density at radius 1 is 1.53 bits per heavy atom. The van der Waals surface area contributed by atoms with Gasteiger partial charge in [-0.25, -0.2) is 4.79 Å². The highest BCUT2D eigenvalue weighted by atomic mass is 32.1. The molecule has 1 aromatic heterocycles. The molecule has 0 saturated carbocycles.